The van der Waals surface area contributed by atoms with Gasteiger partial charge in [0.1, 0.15) is 0 Å². The summed E-state index contributed by atoms with van der Waals surface area (Å²) in [5.74, 6) is 0.437. The van der Waals surface area contributed by atoms with E-state index < -0.39 is 0 Å². The van der Waals surface area contributed by atoms with Crippen molar-refractivity contribution in [3.8, 4) is 0 Å². The average Bonchev–Trinajstić information content (AvgIpc) is 2.44. The fraction of sp³-hybridized carbons (Fsp3) is 0.368. The molecule has 0 amide bonds. The molecule has 1 nitrogen and oxygen atoms in total. The van der Waals surface area contributed by atoms with Crippen LogP contribution in [0.3, 0.4) is 0 Å². The third kappa shape index (κ3) is 3.29. The third-order valence-electron chi connectivity index (χ3n) is 4.25. The third-order valence-corrected chi connectivity index (χ3v) is 4.25. The van der Waals surface area contributed by atoms with Crippen LogP contribution in [-0.2, 0) is 6.42 Å². The molecule has 1 unspecified atom stereocenters. The summed E-state index contributed by atoms with van der Waals surface area (Å²) in [4.78, 5) is 0. The SMILES string of the molecule is Cc1cc(C)c(Cc2ccc(C(C)CN)cc2)cc1C. The lowest BCUT2D eigenvalue weighted by Crippen LogP contribution is -2.08. The molecular formula is C19H25N. The molecule has 0 spiro atoms. The standard InChI is InChI=1S/C19H25N/c1-13-9-15(3)19(10-14(13)2)11-17-5-7-18(8-6-17)16(4)12-20/h5-10,16H,11-12,20H2,1-4H3. The molecule has 2 aromatic carbocycles. The van der Waals surface area contributed by atoms with E-state index in [4.69, 9.17) is 5.73 Å². The van der Waals surface area contributed by atoms with Crippen LogP contribution in [0.15, 0.2) is 36.4 Å². The molecule has 1 heteroatoms. The molecule has 0 aliphatic rings. The van der Waals surface area contributed by atoms with Crippen molar-refractivity contribution in [2.45, 2.75) is 40.0 Å². The summed E-state index contributed by atoms with van der Waals surface area (Å²) in [6.45, 7) is 9.43. The Hall–Kier alpha value is -1.60. The predicted molar refractivity (Wildman–Crippen MR) is 87.4 cm³/mol. The Labute approximate surface area is 122 Å². The van der Waals surface area contributed by atoms with Crippen LogP contribution in [0.25, 0.3) is 0 Å². The maximum Gasteiger partial charge on any atom is -0.00109 e. The highest BCUT2D eigenvalue weighted by Gasteiger charge is 2.05. The molecule has 0 saturated carbocycles. The molecule has 0 aliphatic carbocycles. The quantitative estimate of drug-likeness (QED) is 0.880. The smallest absolute Gasteiger partial charge is 0.00109 e. The molecule has 1 atom stereocenters. The average molecular weight is 267 g/mol. The van der Waals surface area contributed by atoms with Crippen LogP contribution < -0.4 is 5.73 Å². The Bertz CT molecular complexity index is 581. The van der Waals surface area contributed by atoms with E-state index in [0.717, 1.165) is 6.42 Å². The van der Waals surface area contributed by atoms with E-state index in [2.05, 4.69) is 64.1 Å². The Morgan fingerprint density at radius 1 is 0.900 bits per heavy atom. The zero-order valence-electron chi connectivity index (χ0n) is 13.0. The first-order valence-corrected chi connectivity index (χ1v) is 7.37. The van der Waals surface area contributed by atoms with Crippen molar-refractivity contribution in [1.82, 2.24) is 0 Å². The normalized spacial score (nSPS) is 12.4. The molecule has 0 bridgehead atoms. The summed E-state index contributed by atoms with van der Waals surface area (Å²) in [6.07, 6.45) is 1.00. The van der Waals surface area contributed by atoms with Crippen molar-refractivity contribution in [3.63, 3.8) is 0 Å². The molecule has 2 rings (SSSR count). The van der Waals surface area contributed by atoms with Gasteiger partial charge in [0.25, 0.3) is 0 Å². The first-order chi connectivity index (χ1) is 9.51. The number of hydrogen-bond acceptors (Lipinski definition) is 1. The summed E-state index contributed by atoms with van der Waals surface area (Å²) >= 11 is 0. The van der Waals surface area contributed by atoms with Gasteiger partial charge in [-0.1, -0.05) is 43.3 Å². The topological polar surface area (TPSA) is 26.0 Å². The van der Waals surface area contributed by atoms with Gasteiger partial charge in [0.05, 0.1) is 0 Å². The Balaban J connectivity index is 2.20. The molecule has 0 radical (unpaired) electrons. The van der Waals surface area contributed by atoms with Gasteiger partial charge in [0.15, 0.2) is 0 Å². The van der Waals surface area contributed by atoms with E-state index in [1.807, 2.05) is 0 Å². The second kappa shape index (κ2) is 6.23. The van der Waals surface area contributed by atoms with E-state index in [-0.39, 0.29) is 0 Å². The Kier molecular flexibility index (Phi) is 4.61. The Morgan fingerprint density at radius 3 is 2.10 bits per heavy atom. The second-order valence-electron chi connectivity index (χ2n) is 5.92. The highest BCUT2D eigenvalue weighted by atomic mass is 14.5. The van der Waals surface area contributed by atoms with Crippen molar-refractivity contribution < 1.29 is 0 Å². The molecule has 0 fully saturated rings. The van der Waals surface area contributed by atoms with Gasteiger partial charge in [-0.15, -0.1) is 0 Å². The van der Waals surface area contributed by atoms with Crippen molar-refractivity contribution in [1.29, 1.82) is 0 Å². The summed E-state index contributed by atoms with van der Waals surface area (Å²) in [5.41, 5.74) is 14.0. The van der Waals surface area contributed by atoms with Crippen molar-refractivity contribution in [2.75, 3.05) is 6.54 Å². The summed E-state index contributed by atoms with van der Waals surface area (Å²) in [7, 11) is 0. The first kappa shape index (κ1) is 14.8. The lowest BCUT2D eigenvalue weighted by molar-refractivity contribution is 0.773. The van der Waals surface area contributed by atoms with Crippen LogP contribution in [0.2, 0.25) is 0 Å². The highest BCUT2D eigenvalue weighted by molar-refractivity contribution is 5.39. The van der Waals surface area contributed by atoms with E-state index in [1.165, 1.54) is 33.4 Å². The fourth-order valence-corrected chi connectivity index (χ4v) is 2.53. The molecule has 2 aromatic rings. The molecular weight excluding hydrogens is 242 g/mol. The predicted octanol–water partition coefficient (Wildman–Crippen LogP) is 4.26. The van der Waals surface area contributed by atoms with Crippen molar-refractivity contribution in [3.05, 3.63) is 69.8 Å². The van der Waals surface area contributed by atoms with Crippen LogP contribution in [0.4, 0.5) is 0 Å². The number of hydrogen-bond donors (Lipinski definition) is 1. The van der Waals surface area contributed by atoms with E-state index >= 15 is 0 Å². The van der Waals surface area contributed by atoms with Crippen LogP contribution in [0.5, 0.6) is 0 Å². The highest BCUT2D eigenvalue weighted by Crippen LogP contribution is 2.20. The zero-order valence-corrected chi connectivity index (χ0v) is 13.0. The van der Waals surface area contributed by atoms with Gasteiger partial charge in [0.2, 0.25) is 0 Å². The monoisotopic (exact) mass is 267 g/mol. The lowest BCUT2D eigenvalue weighted by Gasteiger charge is -2.12. The van der Waals surface area contributed by atoms with Gasteiger partial charge >= 0.3 is 0 Å². The van der Waals surface area contributed by atoms with Gasteiger partial charge in [-0.25, -0.2) is 0 Å². The zero-order chi connectivity index (χ0) is 14.7. The van der Waals surface area contributed by atoms with E-state index in [9.17, 15) is 0 Å². The minimum atomic E-state index is 0.437. The Morgan fingerprint density at radius 2 is 1.50 bits per heavy atom. The van der Waals surface area contributed by atoms with Crippen LogP contribution in [0.1, 0.15) is 46.2 Å². The summed E-state index contributed by atoms with van der Waals surface area (Å²) in [5, 5.41) is 0. The number of aryl methyl sites for hydroxylation is 3. The fourth-order valence-electron chi connectivity index (χ4n) is 2.53. The maximum atomic E-state index is 5.72. The second-order valence-corrected chi connectivity index (χ2v) is 5.92. The molecule has 2 N–H and O–H groups in total. The van der Waals surface area contributed by atoms with Gasteiger partial charge < -0.3 is 5.73 Å². The molecule has 20 heavy (non-hydrogen) atoms. The molecule has 0 heterocycles. The lowest BCUT2D eigenvalue weighted by atomic mass is 9.94. The maximum absolute atomic E-state index is 5.72. The molecule has 0 aliphatic heterocycles. The minimum absolute atomic E-state index is 0.437. The largest absolute Gasteiger partial charge is 0.330 e. The van der Waals surface area contributed by atoms with Gasteiger partial charge in [-0.05, 0) is 73.0 Å². The van der Waals surface area contributed by atoms with Crippen LogP contribution in [0, 0.1) is 20.8 Å². The van der Waals surface area contributed by atoms with Gasteiger partial charge in [0, 0.05) is 0 Å². The summed E-state index contributed by atoms with van der Waals surface area (Å²) in [6, 6.07) is 13.5. The summed E-state index contributed by atoms with van der Waals surface area (Å²) < 4.78 is 0. The van der Waals surface area contributed by atoms with Gasteiger partial charge in [-0.2, -0.15) is 0 Å². The van der Waals surface area contributed by atoms with E-state index in [1.54, 1.807) is 0 Å². The molecule has 0 saturated heterocycles. The molecule has 106 valence electrons. The van der Waals surface area contributed by atoms with Crippen LogP contribution >= 0.6 is 0 Å². The molecule has 0 aromatic heterocycles. The van der Waals surface area contributed by atoms with Crippen molar-refractivity contribution in [2.24, 2.45) is 5.73 Å². The van der Waals surface area contributed by atoms with Crippen molar-refractivity contribution >= 4 is 0 Å². The number of nitrogens with two attached hydrogens (primary N) is 1. The number of rotatable bonds is 4. The van der Waals surface area contributed by atoms with Crippen LogP contribution in [-0.4, -0.2) is 6.54 Å². The number of benzene rings is 2. The van der Waals surface area contributed by atoms with Gasteiger partial charge in [-0.3, -0.25) is 0 Å². The van der Waals surface area contributed by atoms with E-state index in [0.29, 0.717) is 12.5 Å². The minimum Gasteiger partial charge on any atom is -0.330 e. The first-order valence-electron chi connectivity index (χ1n) is 7.37.